The summed E-state index contributed by atoms with van der Waals surface area (Å²) in [5.41, 5.74) is 0.910. The lowest BCUT2D eigenvalue weighted by Gasteiger charge is -2.23. The highest BCUT2D eigenvalue weighted by Gasteiger charge is 2.21. The van der Waals surface area contributed by atoms with Gasteiger partial charge in [0, 0.05) is 0 Å². The van der Waals surface area contributed by atoms with E-state index >= 15 is 0 Å². The number of nitrogens with zero attached hydrogens (tertiary/aromatic N) is 2. The lowest BCUT2D eigenvalue weighted by molar-refractivity contribution is 0.333. The normalized spacial score (nSPS) is 12.0. The average molecular weight is 222 g/mol. The summed E-state index contributed by atoms with van der Waals surface area (Å²) in [6.45, 7) is 8.23. The topological polar surface area (TPSA) is 58.9 Å². The zero-order chi connectivity index (χ0) is 12.6. The van der Waals surface area contributed by atoms with E-state index in [4.69, 9.17) is 0 Å². The predicted molar refractivity (Wildman–Crippen MR) is 62.7 cm³/mol. The first-order chi connectivity index (χ1) is 7.41. The van der Waals surface area contributed by atoms with Crippen molar-refractivity contribution >= 4 is 12.2 Å². The fraction of sp³-hybridized carbons (Fsp3) is 0.667. The van der Waals surface area contributed by atoms with Crippen LogP contribution in [0.2, 0.25) is 0 Å². The SMILES string of the molecule is CC(C)=CC(CC(C)(C)CN=C=O)N=C=O. The molecular weight excluding hydrogens is 204 g/mol. The van der Waals surface area contributed by atoms with Gasteiger partial charge in [-0.25, -0.2) is 14.6 Å². The molecule has 0 aliphatic rings. The molecule has 0 spiro atoms. The highest BCUT2D eigenvalue weighted by atomic mass is 16.1. The van der Waals surface area contributed by atoms with Crippen LogP contribution in [0.3, 0.4) is 0 Å². The molecule has 1 atom stereocenters. The first-order valence-electron chi connectivity index (χ1n) is 5.17. The van der Waals surface area contributed by atoms with Crippen LogP contribution < -0.4 is 0 Å². The molecule has 0 aromatic rings. The van der Waals surface area contributed by atoms with Crippen molar-refractivity contribution in [3.63, 3.8) is 0 Å². The summed E-state index contributed by atoms with van der Waals surface area (Å²) in [5, 5.41) is 0. The third-order valence-corrected chi connectivity index (χ3v) is 2.08. The quantitative estimate of drug-likeness (QED) is 0.393. The Morgan fingerprint density at radius 3 is 2.38 bits per heavy atom. The highest BCUT2D eigenvalue weighted by molar-refractivity contribution is 5.35. The van der Waals surface area contributed by atoms with Crippen LogP contribution in [0.5, 0.6) is 0 Å². The summed E-state index contributed by atoms with van der Waals surface area (Å²) in [7, 11) is 0. The van der Waals surface area contributed by atoms with Gasteiger partial charge in [0.2, 0.25) is 12.2 Å². The molecule has 0 rings (SSSR count). The van der Waals surface area contributed by atoms with Crippen molar-refractivity contribution in [3.8, 4) is 0 Å². The number of hydrogen-bond acceptors (Lipinski definition) is 4. The van der Waals surface area contributed by atoms with Crippen molar-refractivity contribution in [3.05, 3.63) is 11.6 Å². The monoisotopic (exact) mass is 222 g/mol. The second kappa shape index (κ2) is 6.89. The summed E-state index contributed by atoms with van der Waals surface area (Å²) in [6, 6.07) is -0.195. The smallest absolute Gasteiger partial charge is 0.211 e. The first-order valence-corrected chi connectivity index (χ1v) is 5.17. The van der Waals surface area contributed by atoms with Gasteiger partial charge in [-0.1, -0.05) is 25.5 Å². The van der Waals surface area contributed by atoms with E-state index < -0.39 is 0 Å². The van der Waals surface area contributed by atoms with Crippen molar-refractivity contribution in [2.75, 3.05) is 6.54 Å². The van der Waals surface area contributed by atoms with Crippen LogP contribution in [0.25, 0.3) is 0 Å². The van der Waals surface area contributed by atoms with Crippen molar-refractivity contribution < 1.29 is 9.59 Å². The Bertz CT molecular complexity index is 342. The van der Waals surface area contributed by atoms with Crippen molar-refractivity contribution in [1.82, 2.24) is 0 Å². The third kappa shape index (κ3) is 6.88. The third-order valence-electron chi connectivity index (χ3n) is 2.08. The van der Waals surface area contributed by atoms with Gasteiger partial charge in [-0.2, -0.15) is 4.99 Å². The Hall–Kier alpha value is -1.50. The molecule has 0 aliphatic carbocycles. The van der Waals surface area contributed by atoms with E-state index in [1.807, 2.05) is 33.8 Å². The van der Waals surface area contributed by atoms with E-state index in [9.17, 15) is 9.59 Å². The molecule has 0 fully saturated rings. The molecule has 88 valence electrons. The number of rotatable bonds is 6. The molecular formula is C12H18N2O2. The number of carbonyl (C=O) groups excluding carboxylic acids is 2. The van der Waals surface area contributed by atoms with Crippen LogP contribution in [0, 0.1) is 5.41 Å². The van der Waals surface area contributed by atoms with Gasteiger partial charge in [-0.15, -0.1) is 0 Å². The molecule has 0 aromatic heterocycles. The van der Waals surface area contributed by atoms with E-state index in [1.165, 1.54) is 6.08 Å². The van der Waals surface area contributed by atoms with Gasteiger partial charge in [0.1, 0.15) is 0 Å². The van der Waals surface area contributed by atoms with E-state index in [2.05, 4.69) is 9.98 Å². The standard InChI is InChI=1S/C12H18N2O2/c1-10(2)5-11(14-9-16)6-12(3,4)7-13-8-15/h5,11H,6-7H2,1-4H3. The second-order valence-corrected chi connectivity index (χ2v) is 4.81. The lowest BCUT2D eigenvalue weighted by atomic mass is 9.85. The lowest BCUT2D eigenvalue weighted by Crippen LogP contribution is -2.21. The number of allylic oxidation sites excluding steroid dienone is 1. The summed E-state index contributed by atoms with van der Waals surface area (Å²) in [4.78, 5) is 27.6. The summed E-state index contributed by atoms with van der Waals surface area (Å²) in [6.07, 6.45) is 5.66. The predicted octanol–water partition coefficient (Wildman–Crippen LogP) is 2.41. The fourth-order valence-electron chi connectivity index (χ4n) is 1.47. The van der Waals surface area contributed by atoms with Crippen molar-refractivity contribution in [1.29, 1.82) is 0 Å². The largest absolute Gasteiger partial charge is 0.235 e. The Morgan fingerprint density at radius 1 is 1.31 bits per heavy atom. The molecule has 0 heterocycles. The number of isocyanates is 2. The van der Waals surface area contributed by atoms with E-state index in [0.29, 0.717) is 13.0 Å². The number of hydrogen-bond donors (Lipinski definition) is 0. The van der Waals surface area contributed by atoms with Gasteiger partial charge in [0.25, 0.3) is 0 Å². The average Bonchev–Trinajstić information content (AvgIpc) is 2.13. The molecule has 0 N–H and O–H groups in total. The van der Waals surface area contributed by atoms with Crippen LogP contribution in [0.15, 0.2) is 21.6 Å². The minimum Gasteiger partial charge on any atom is -0.211 e. The van der Waals surface area contributed by atoms with Crippen LogP contribution in [-0.2, 0) is 9.59 Å². The summed E-state index contributed by atoms with van der Waals surface area (Å²) in [5.74, 6) is 0. The van der Waals surface area contributed by atoms with Crippen molar-refractivity contribution in [2.24, 2.45) is 15.4 Å². The maximum atomic E-state index is 10.3. The van der Waals surface area contributed by atoms with Gasteiger partial charge < -0.3 is 0 Å². The Morgan fingerprint density at radius 2 is 1.94 bits per heavy atom. The number of aliphatic imine (C=N–C) groups is 2. The molecule has 0 aromatic carbocycles. The minimum absolute atomic E-state index is 0.186. The van der Waals surface area contributed by atoms with Crippen LogP contribution in [-0.4, -0.2) is 24.7 Å². The van der Waals surface area contributed by atoms with Gasteiger partial charge in [0.15, 0.2) is 0 Å². The highest BCUT2D eigenvalue weighted by Crippen LogP contribution is 2.25. The molecule has 0 aliphatic heterocycles. The second-order valence-electron chi connectivity index (χ2n) is 4.81. The molecule has 4 heteroatoms. The zero-order valence-corrected chi connectivity index (χ0v) is 10.3. The molecule has 0 bridgehead atoms. The Kier molecular flexibility index (Phi) is 6.24. The van der Waals surface area contributed by atoms with Crippen LogP contribution in [0.4, 0.5) is 0 Å². The van der Waals surface area contributed by atoms with Crippen LogP contribution in [0.1, 0.15) is 34.1 Å². The fourth-order valence-corrected chi connectivity index (χ4v) is 1.47. The minimum atomic E-state index is -0.195. The molecule has 1 unspecified atom stereocenters. The van der Waals surface area contributed by atoms with Crippen molar-refractivity contribution in [2.45, 2.75) is 40.2 Å². The molecule has 0 saturated carbocycles. The molecule has 4 nitrogen and oxygen atoms in total. The maximum absolute atomic E-state index is 10.3. The molecule has 0 radical (unpaired) electrons. The molecule has 0 amide bonds. The Labute approximate surface area is 96.2 Å². The van der Waals surface area contributed by atoms with Gasteiger partial charge in [-0.3, -0.25) is 0 Å². The molecule has 0 saturated heterocycles. The summed E-state index contributed by atoms with van der Waals surface area (Å²) >= 11 is 0. The maximum Gasteiger partial charge on any atom is 0.235 e. The van der Waals surface area contributed by atoms with E-state index in [-0.39, 0.29) is 11.5 Å². The summed E-state index contributed by atoms with van der Waals surface area (Å²) < 4.78 is 0. The van der Waals surface area contributed by atoms with Gasteiger partial charge in [-0.05, 0) is 25.7 Å². The van der Waals surface area contributed by atoms with Gasteiger partial charge in [0.05, 0.1) is 12.6 Å². The van der Waals surface area contributed by atoms with E-state index in [0.717, 1.165) is 5.57 Å². The first kappa shape index (κ1) is 14.5. The van der Waals surface area contributed by atoms with Gasteiger partial charge >= 0.3 is 0 Å². The van der Waals surface area contributed by atoms with E-state index in [1.54, 1.807) is 6.08 Å². The Balaban J connectivity index is 4.67. The van der Waals surface area contributed by atoms with Crippen LogP contribution >= 0.6 is 0 Å². The molecule has 16 heavy (non-hydrogen) atoms. The zero-order valence-electron chi connectivity index (χ0n) is 10.3.